The van der Waals surface area contributed by atoms with Crippen molar-refractivity contribution in [2.24, 2.45) is 5.73 Å². The van der Waals surface area contributed by atoms with E-state index in [1.807, 2.05) is 4.72 Å². The highest BCUT2D eigenvalue weighted by Gasteiger charge is 2.22. The third-order valence-electron chi connectivity index (χ3n) is 3.27. The molecule has 2 aromatic rings. The number of hydrogen-bond donors (Lipinski definition) is 5. The van der Waals surface area contributed by atoms with Crippen LogP contribution in [0.15, 0.2) is 28.6 Å². The molecule has 3 amide bonds. The number of primary amides is 1. The van der Waals surface area contributed by atoms with Gasteiger partial charge in [-0.25, -0.2) is 27.4 Å². The molecule has 2 rings (SSSR count). The number of sulfonamides is 1. The van der Waals surface area contributed by atoms with Gasteiger partial charge in [-0.15, -0.1) is 11.3 Å². The molecule has 1 aromatic heterocycles. The number of nitrogens with zero attached hydrogens (tertiary/aromatic N) is 2. The lowest BCUT2D eigenvalue weighted by Gasteiger charge is -2.14. The maximum atomic E-state index is 14.2. The number of benzene rings is 1. The number of carboxylic acid groups (broad SMARTS) is 1. The zero-order chi connectivity index (χ0) is 21.8. The molecule has 0 atom stereocenters. The highest BCUT2D eigenvalue weighted by molar-refractivity contribution is 7.93. The molecule has 154 valence electrons. The van der Waals surface area contributed by atoms with E-state index in [4.69, 9.17) is 16.2 Å². The minimum atomic E-state index is -4.34. The lowest BCUT2D eigenvalue weighted by molar-refractivity contribution is -0.116. The minimum absolute atomic E-state index is 0.256. The first-order valence-electron chi connectivity index (χ1n) is 7.41. The number of carboxylic acids is 1. The summed E-state index contributed by atoms with van der Waals surface area (Å²) in [5.41, 5.74) is 5.18. The van der Waals surface area contributed by atoms with E-state index in [9.17, 15) is 27.2 Å². The molecule has 0 spiro atoms. The fourth-order valence-corrected chi connectivity index (χ4v) is 3.95. The van der Waals surface area contributed by atoms with E-state index >= 15 is 0 Å². The number of aromatic carboxylic acids is 1. The maximum Gasteiger partial charge on any atom is 0.357 e. The van der Waals surface area contributed by atoms with Crippen LogP contribution in [0.3, 0.4) is 0 Å². The Morgan fingerprint density at radius 3 is 2.62 bits per heavy atom. The number of anilines is 2. The topological polar surface area (TPSA) is 196 Å². The van der Waals surface area contributed by atoms with E-state index in [1.165, 1.54) is 0 Å². The maximum absolute atomic E-state index is 14.2. The van der Waals surface area contributed by atoms with Crippen molar-refractivity contribution in [1.82, 2.24) is 9.88 Å². The smallest absolute Gasteiger partial charge is 0.357 e. The van der Waals surface area contributed by atoms with Crippen molar-refractivity contribution >= 4 is 56.3 Å². The standard InChI is InChI=1S/C14H13FN6O6S2/c15-8-3-7(29(26,27)20-12-11(13(23)24)18-6-28-12)1-2-9(8)19-10(22)4-21(5-16)14(17)25/h1-3,5-6,16,20H,4H2,(H2,17,25)(H,19,22)(H,23,24). The number of nitrogens with two attached hydrogens (primary N) is 1. The Labute approximate surface area is 166 Å². The van der Waals surface area contributed by atoms with Crippen LogP contribution in [-0.2, 0) is 14.8 Å². The third kappa shape index (κ3) is 5.23. The zero-order valence-electron chi connectivity index (χ0n) is 14.2. The molecule has 29 heavy (non-hydrogen) atoms. The molecule has 0 unspecified atom stereocenters. The van der Waals surface area contributed by atoms with Crippen molar-refractivity contribution in [3.05, 3.63) is 35.2 Å². The Hall–Kier alpha value is -3.59. The number of hydrogen-bond acceptors (Lipinski definition) is 8. The Morgan fingerprint density at radius 1 is 1.38 bits per heavy atom. The van der Waals surface area contributed by atoms with Crippen LogP contribution in [0.4, 0.5) is 19.9 Å². The van der Waals surface area contributed by atoms with Crippen LogP contribution in [0.2, 0.25) is 0 Å². The van der Waals surface area contributed by atoms with E-state index in [0.29, 0.717) is 17.3 Å². The summed E-state index contributed by atoms with van der Waals surface area (Å²) in [7, 11) is -4.34. The second-order valence-corrected chi connectivity index (χ2v) is 7.76. The fourth-order valence-electron chi connectivity index (χ4n) is 1.95. The molecule has 0 aliphatic carbocycles. The van der Waals surface area contributed by atoms with Gasteiger partial charge in [-0.05, 0) is 18.2 Å². The molecule has 1 heterocycles. The van der Waals surface area contributed by atoms with E-state index in [1.54, 1.807) is 0 Å². The molecule has 0 fully saturated rings. The SMILES string of the molecule is N=CN(CC(=O)Nc1ccc(S(=O)(=O)Nc2scnc2C(=O)O)cc1F)C(N)=O. The van der Waals surface area contributed by atoms with Gasteiger partial charge in [0.1, 0.15) is 17.4 Å². The van der Waals surface area contributed by atoms with Crippen molar-refractivity contribution in [3.63, 3.8) is 0 Å². The van der Waals surface area contributed by atoms with Gasteiger partial charge in [0.25, 0.3) is 10.0 Å². The number of rotatable bonds is 8. The summed E-state index contributed by atoms with van der Waals surface area (Å²) >= 11 is 0.732. The number of carbonyl (C=O) groups is 3. The summed E-state index contributed by atoms with van der Waals surface area (Å²) in [5.74, 6) is -3.43. The summed E-state index contributed by atoms with van der Waals surface area (Å²) in [4.78, 5) is 37.3. The number of carbonyl (C=O) groups excluding carboxylic acids is 2. The molecular weight excluding hydrogens is 431 g/mol. The van der Waals surface area contributed by atoms with Crippen LogP contribution >= 0.6 is 11.3 Å². The molecule has 6 N–H and O–H groups in total. The number of aromatic nitrogens is 1. The number of halogens is 1. The van der Waals surface area contributed by atoms with Crippen LogP contribution in [-0.4, -0.2) is 54.2 Å². The first kappa shape index (κ1) is 21.7. The second-order valence-electron chi connectivity index (χ2n) is 5.23. The van der Waals surface area contributed by atoms with Crippen molar-refractivity contribution in [1.29, 1.82) is 5.41 Å². The van der Waals surface area contributed by atoms with E-state index in [-0.39, 0.29) is 10.7 Å². The predicted octanol–water partition coefficient (Wildman–Crippen LogP) is 0.707. The minimum Gasteiger partial charge on any atom is -0.476 e. The van der Waals surface area contributed by atoms with Gasteiger partial charge in [0.15, 0.2) is 5.69 Å². The number of urea groups is 1. The second kappa shape index (κ2) is 8.61. The van der Waals surface area contributed by atoms with Crippen LogP contribution in [0, 0.1) is 11.2 Å². The molecule has 0 bridgehead atoms. The van der Waals surface area contributed by atoms with Crippen LogP contribution in [0.25, 0.3) is 0 Å². The Morgan fingerprint density at radius 2 is 2.07 bits per heavy atom. The lowest BCUT2D eigenvalue weighted by atomic mass is 10.3. The van der Waals surface area contributed by atoms with Crippen molar-refractivity contribution < 1.29 is 32.3 Å². The van der Waals surface area contributed by atoms with E-state index in [2.05, 4.69) is 10.3 Å². The van der Waals surface area contributed by atoms with Gasteiger partial charge >= 0.3 is 12.0 Å². The van der Waals surface area contributed by atoms with Gasteiger partial charge in [-0.3, -0.25) is 19.8 Å². The summed E-state index contributed by atoms with van der Waals surface area (Å²) in [5, 5.41) is 17.8. The van der Waals surface area contributed by atoms with Crippen LogP contribution < -0.4 is 15.8 Å². The molecule has 15 heteroatoms. The Bertz CT molecular complexity index is 1090. The fraction of sp³-hybridized carbons (Fsp3) is 0.0714. The van der Waals surface area contributed by atoms with Crippen molar-refractivity contribution in [2.45, 2.75) is 4.90 Å². The molecule has 1 aromatic carbocycles. The predicted molar refractivity (Wildman–Crippen MR) is 100.0 cm³/mol. The van der Waals surface area contributed by atoms with Crippen molar-refractivity contribution in [2.75, 3.05) is 16.6 Å². The summed E-state index contributed by atoms with van der Waals surface area (Å²) in [6.45, 7) is -0.650. The summed E-state index contributed by atoms with van der Waals surface area (Å²) in [6, 6.07) is 1.49. The largest absolute Gasteiger partial charge is 0.476 e. The lowest BCUT2D eigenvalue weighted by Crippen LogP contribution is -2.40. The van der Waals surface area contributed by atoms with Gasteiger partial charge < -0.3 is 16.2 Å². The highest BCUT2D eigenvalue weighted by Crippen LogP contribution is 2.25. The van der Waals surface area contributed by atoms with E-state index < -0.39 is 50.9 Å². The third-order valence-corrected chi connectivity index (χ3v) is 5.49. The van der Waals surface area contributed by atoms with Gasteiger partial charge in [0.05, 0.1) is 22.4 Å². The quantitative estimate of drug-likeness (QED) is 0.292. The van der Waals surface area contributed by atoms with Gasteiger partial charge in [-0.1, -0.05) is 0 Å². The average Bonchev–Trinajstić information content (AvgIpc) is 3.08. The summed E-state index contributed by atoms with van der Waals surface area (Å²) < 4.78 is 41.0. The monoisotopic (exact) mass is 444 g/mol. The Balaban J connectivity index is 2.18. The molecule has 0 aliphatic rings. The van der Waals surface area contributed by atoms with Gasteiger partial charge in [0.2, 0.25) is 5.91 Å². The molecule has 0 radical (unpaired) electrons. The van der Waals surface area contributed by atoms with Crippen molar-refractivity contribution in [3.8, 4) is 0 Å². The number of thiazole rings is 1. The van der Waals surface area contributed by atoms with Crippen LogP contribution in [0.1, 0.15) is 10.5 Å². The number of nitrogens with one attached hydrogen (secondary N) is 3. The summed E-state index contributed by atoms with van der Waals surface area (Å²) in [6.07, 6.45) is 0.518. The highest BCUT2D eigenvalue weighted by atomic mass is 32.2. The first-order chi connectivity index (χ1) is 13.5. The molecule has 0 saturated heterocycles. The number of amides is 3. The Kier molecular flexibility index (Phi) is 6.45. The molecular formula is C14H13FN6O6S2. The molecule has 0 saturated carbocycles. The normalized spacial score (nSPS) is 10.8. The molecule has 0 aliphatic heterocycles. The average molecular weight is 444 g/mol. The van der Waals surface area contributed by atoms with Gasteiger partial charge in [-0.2, -0.15) is 0 Å². The molecule has 12 nitrogen and oxygen atoms in total. The zero-order valence-corrected chi connectivity index (χ0v) is 15.9. The van der Waals surface area contributed by atoms with E-state index in [0.717, 1.165) is 29.0 Å². The van der Waals surface area contributed by atoms with Gasteiger partial charge in [0, 0.05) is 0 Å². The van der Waals surface area contributed by atoms with Crippen LogP contribution in [0.5, 0.6) is 0 Å². The first-order valence-corrected chi connectivity index (χ1v) is 9.77.